The lowest BCUT2D eigenvalue weighted by Gasteiger charge is -2.23. The monoisotopic (exact) mass is 333 g/mol. The highest BCUT2D eigenvalue weighted by molar-refractivity contribution is 5.95. The number of carbonyl (C=O) groups is 1. The van der Waals surface area contributed by atoms with Crippen LogP contribution in [0.15, 0.2) is 24.4 Å². The number of nitrogens with zero attached hydrogens (tertiary/aromatic N) is 3. The molecule has 1 aliphatic rings. The van der Waals surface area contributed by atoms with Crippen molar-refractivity contribution in [3.05, 3.63) is 41.5 Å². The van der Waals surface area contributed by atoms with Gasteiger partial charge in [-0.15, -0.1) is 0 Å². The molecule has 7 heteroatoms. The van der Waals surface area contributed by atoms with Crippen molar-refractivity contribution in [3.8, 4) is 11.4 Å². The molecule has 0 spiro atoms. The van der Waals surface area contributed by atoms with Crippen molar-refractivity contribution in [1.29, 1.82) is 0 Å². The van der Waals surface area contributed by atoms with Crippen molar-refractivity contribution >= 4 is 5.91 Å². The van der Waals surface area contributed by atoms with Crippen molar-refractivity contribution in [2.24, 2.45) is 0 Å². The van der Waals surface area contributed by atoms with Crippen LogP contribution in [0, 0.1) is 12.7 Å². The maximum absolute atomic E-state index is 13.2. The van der Waals surface area contributed by atoms with Crippen LogP contribution < -0.4 is 0 Å². The number of hydrogen-bond acceptors (Lipinski definition) is 4. The van der Waals surface area contributed by atoms with Gasteiger partial charge < -0.3 is 14.7 Å². The van der Waals surface area contributed by atoms with E-state index in [2.05, 4.69) is 5.10 Å². The summed E-state index contributed by atoms with van der Waals surface area (Å²) in [5, 5.41) is 14.4. The second kappa shape index (κ2) is 6.60. The van der Waals surface area contributed by atoms with Crippen LogP contribution in [-0.2, 0) is 4.74 Å². The summed E-state index contributed by atoms with van der Waals surface area (Å²) < 4.78 is 19.8. The first kappa shape index (κ1) is 16.4. The van der Waals surface area contributed by atoms with E-state index < -0.39 is 0 Å². The molecule has 2 aromatic rings. The predicted octanol–water partition coefficient (Wildman–Crippen LogP) is 2.28. The van der Waals surface area contributed by atoms with Crippen molar-refractivity contribution in [3.63, 3.8) is 0 Å². The van der Waals surface area contributed by atoms with Gasteiger partial charge in [-0.2, -0.15) is 5.10 Å². The average Bonchev–Trinajstić information content (AvgIpc) is 3.14. The fourth-order valence-electron chi connectivity index (χ4n) is 3.12. The minimum absolute atomic E-state index is 0.000364. The molecule has 1 saturated heterocycles. The van der Waals surface area contributed by atoms with E-state index in [0.29, 0.717) is 24.4 Å². The molecule has 0 radical (unpaired) electrons. The lowest BCUT2D eigenvalue weighted by atomic mass is 10.2. The summed E-state index contributed by atoms with van der Waals surface area (Å²) >= 11 is 0. The van der Waals surface area contributed by atoms with Gasteiger partial charge >= 0.3 is 0 Å². The summed E-state index contributed by atoms with van der Waals surface area (Å²) in [6.45, 7) is 2.83. The number of aryl methyl sites for hydroxylation is 1. The normalized spacial score (nSPS) is 17.5. The zero-order valence-corrected chi connectivity index (χ0v) is 13.7. The van der Waals surface area contributed by atoms with E-state index in [1.807, 2.05) is 0 Å². The van der Waals surface area contributed by atoms with E-state index in [1.54, 1.807) is 25.0 Å². The van der Waals surface area contributed by atoms with Gasteiger partial charge in [0, 0.05) is 13.7 Å². The maximum Gasteiger partial charge on any atom is 0.278 e. The van der Waals surface area contributed by atoms with E-state index in [9.17, 15) is 14.3 Å². The number of carbonyl (C=O) groups excluding carboxylic acids is 1. The molecule has 1 fully saturated rings. The Morgan fingerprint density at radius 2 is 2.29 bits per heavy atom. The van der Waals surface area contributed by atoms with Crippen LogP contribution in [0.25, 0.3) is 5.69 Å². The maximum atomic E-state index is 13.2. The number of amides is 1. The van der Waals surface area contributed by atoms with Crippen LogP contribution >= 0.6 is 0 Å². The van der Waals surface area contributed by atoms with Gasteiger partial charge in [0.25, 0.3) is 5.91 Å². The van der Waals surface area contributed by atoms with E-state index >= 15 is 0 Å². The largest absolute Gasteiger partial charge is 0.504 e. The van der Waals surface area contributed by atoms with Gasteiger partial charge in [-0.3, -0.25) is 4.79 Å². The number of aromatic hydroxyl groups is 1. The molecule has 3 rings (SSSR count). The molecule has 0 aliphatic carbocycles. The summed E-state index contributed by atoms with van der Waals surface area (Å²) in [7, 11) is 1.60. The first-order valence-corrected chi connectivity index (χ1v) is 7.86. The SMILES string of the molecule is COC[C@@H]1CCCN1C(=O)c1nn(-c2ccc(F)cc2C)cc1O. The van der Waals surface area contributed by atoms with Crippen molar-refractivity contribution < 1.29 is 19.0 Å². The number of hydrogen-bond donors (Lipinski definition) is 1. The van der Waals surface area contributed by atoms with Gasteiger partial charge in [-0.25, -0.2) is 9.07 Å². The first-order valence-electron chi connectivity index (χ1n) is 7.86. The lowest BCUT2D eigenvalue weighted by molar-refractivity contribution is 0.0622. The predicted molar refractivity (Wildman–Crippen MR) is 85.9 cm³/mol. The van der Waals surface area contributed by atoms with Gasteiger partial charge in [-0.1, -0.05) is 0 Å². The summed E-state index contributed by atoms with van der Waals surface area (Å²) in [5.41, 5.74) is 1.28. The molecule has 1 amide bonds. The van der Waals surface area contributed by atoms with Crippen LogP contribution in [0.1, 0.15) is 28.9 Å². The number of aromatic nitrogens is 2. The van der Waals surface area contributed by atoms with Crippen molar-refractivity contribution in [2.75, 3.05) is 20.3 Å². The van der Waals surface area contributed by atoms with E-state index in [0.717, 1.165) is 12.8 Å². The third-order valence-electron chi connectivity index (χ3n) is 4.30. The Hall–Kier alpha value is -2.41. The third-order valence-corrected chi connectivity index (χ3v) is 4.30. The number of methoxy groups -OCH3 is 1. The Balaban J connectivity index is 1.90. The Morgan fingerprint density at radius 3 is 3.00 bits per heavy atom. The molecule has 1 atom stereocenters. The molecule has 6 nitrogen and oxygen atoms in total. The molecule has 0 unspecified atom stereocenters. The molecule has 0 saturated carbocycles. The smallest absolute Gasteiger partial charge is 0.278 e. The highest BCUT2D eigenvalue weighted by atomic mass is 19.1. The third kappa shape index (κ3) is 2.99. The zero-order valence-electron chi connectivity index (χ0n) is 13.7. The van der Waals surface area contributed by atoms with Crippen LogP contribution in [0.4, 0.5) is 4.39 Å². The molecule has 24 heavy (non-hydrogen) atoms. The second-order valence-corrected chi connectivity index (χ2v) is 5.99. The number of benzene rings is 1. The first-order chi connectivity index (χ1) is 11.5. The Labute approximate surface area is 139 Å². The minimum Gasteiger partial charge on any atom is -0.504 e. The molecular weight excluding hydrogens is 313 g/mol. The number of rotatable bonds is 4. The topological polar surface area (TPSA) is 67.6 Å². The molecule has 1 N–H and O–H groups in total. The van der Waals surface area contributed by atoms with Gasteiger partial charge in [0.05, 0.1) is 24.5 Å². The summed E-state index contributed by atoms with van der Waals surface area (Å²) in [6.07, 6.45) is 3.14. The standard InChI is InChI=1S/C17H20FN3O3/c1-11-8-12(18)5-6-14(11)21-9-15(22)16(19-21)17(23)20-7-3-4-13(20)10-24-2/h5-6,8-9,13,22H,3-4,7,10H2,1-2H3/t13-/m0/s1. The number of likely N-dealkylation sites (tertiary alicyclic amines) is 1. The fraction of sp³-hybridized carbons (Fsp3) is 0.412. The van der Waals surface area contributed by atoms with Gasteiger partial charge in [0.15, 0.2) is 11.4 Å². The molecule has 1 aromatic carbocycles. The molecule has 0 bridgehead atoms. The number of halogens is 1. The molecule has 2 heterocycles. The van der Waals surface area contributed by atoms with Gasteiger partial charge in [0.1, 0.15) is 5.82 Å². The highest BCUT2D eigenvalue weighted by Crippen LogP contribution is 2.25. The van der Waals surface area contributed by atoms with E-state index in [4.69, 9.17) is 4.74 Å². The second-order valence-electron chi connectivity index (χ2n) is 5.99. The van der Waals surface area contributed by atoms with Crippen molar-refractivity contribution in [1.82, 2.24) is 14.7 Å². The summed E-state index contributed by atoms with van der Waals surface area (Å²) in [4.78, 5) is 14.4. The lowest BCUT2D eigenvalue weighted by Crippen LogP contribution is -2.38. The molecule has 128 valence electrons. The van der Waals surface area contributed by atoms with Crippen molar-refractivity contribution in [2.45, 2.75) is 25.8 Å². The summed E-state index contributed by atoms with van der Waals surface area (Å²) in [5.74, 6) is -0.847. The van der Waals surface area contributed by atoms with E-state index in [-0.39, 0.29) is 29.2 Å². The molecule has 1 aromatic heterocycles. The zero-order chi connectivity index (χ0) is 17.3. The fourth-order valence-corrected chi connectivity index (χ4v) is 3.12. The highest BCUT2D eigenvalue weighted by Gasteiger charge is 2.32. The minimum atomic E-state index is -0.344. The van der Waals surface area contributed by atoms with Gasteiger partial charge in [-0.05, 0) is 43.5 Å². The molecule has 1 aliphatic heterocycles. The van der Waals surface area contributed by atoms with Crippen LogP contribution in [0.3, 0.4) is 0 Å². The Bertz CT molecular complexity index is 760. The summed E-state index contributed by atoms with van der Waals surface area (Å²) in [6, 6.07) is 4.26. The molecular formula is C17H20FN3O3. The van der Waals surface area contributed by atoms with E-state index in [1.165, 1.54) is 23.0 Å². The van der Waals surface area contributed by atoms with Crippen LogP contribution in [0.2, 0.25) is 0 Å². The van der Waals surface area contributed by atoms with Crippen LogP contribution in [-0.4, -0.2) is 52.0 Å². The quantitative estimate of drug-likeness (QED) is 0.932. The Kier molecular flexibility index (Phi) is 4.53. The van der Waals surface area contributed by atoms with Crippen LogP contribution in [0.5, 0.6) is 5.75 Å². The number of ether oxygens (including phenoxy) is 1. The average molecular weight is 333 g/mol. The van der Waals surface area contributed by atoms with Gasteiger partial charge in [0.2, 0.25) is 0 Å². The Morgan fingerprint density at radius 1 is 1.50 bits per heavy atom.